The summed E-state index contributed by atoms with van der Waals surface area (Å²) in [6.45, 7) is 0. The van der Waals surface area contributed by atoms with Crippen LogP contribution < -0.4 is 5.32 Å². The van der Waals surface area contributed by atoms with E-state index in [-0.39, 0.29) is 18.1 Å². The van der Waals surface area contributed by atoms with Gasteiger partial charge in [-0.05, 0) is 0 Å². The van der Waals surface area contributed by atoms with Crippen molar-refractivity contribution < 1.29 is 14.7 Å². The molecule has 0 aliphatic heterocycles. The number of amides is 1. The highest BCUT2D eigenvalue weighted by Crippen LogP contribution is 1.89. The fourth-order valence-corrected chi connectivity index (χ4v) is 0.860. The van der Waals surface area contributed by atoms with Gasteiger partial charge in [-0.1, -0.05) is 0 Å². The minimum Gasteiger partial charge on any atom is -0.480 e. The average molecular weight is 204 g/mol. The summed E-state index contributed by atoms with van der Waals surface area (Å²) in [5.41, 5.74) is 0. The number of nitrogens with one attached hydrogen (secondary N) is 1. The molecule has 0 aromatic carbocycles. The van der Waals surface area contributed by atoms with Gasteiger partial charge in [-0.3, -0.25) is 4.79 Å². The molecule has 0 saturated heterocycles. The molecule has 0 aromatic heterocycles. The number of thiol groups is 1. The number of carbonyl (C=O) groups is 2. The second-order valence-corrected chi connectivity index (χ2v) is 2.65. The van der Waals surface area contributed by atoms with Crippen LogP contribution >= 0.6 is 12.6 Å². The Morgan fingerprint density at radius 2 is 2.31 bits per heavy atom. The van der Waals surface area contributed by atoms with Crippen molar-refractivity contribution in [2.24, 2.45) is 4.99 Å². The van der Waals surface area contributed by atoms with Gasteiger partial charge in [-0.15, -0.1) is 0 Å². The zero-order valence-electron chi connectivity index (χ0n) is 7.23. The number of carboxylic acids is 1. The van der Waals surface area contributed by atoms with Crippen molar-refractivity contribution in [3.8, 4) is 0 Å². The summed E-state index contributed by atoms with van der Waals surface area (Å²) in [6.07, 6.45) is 1.50. The van der Waals surface area contributed by atoms with E-state index in [1.54, 1.807) is 7.05 Å². The van der Waals surface area contributed by atoms with Crippen LogP contribution in [0, 0.1) is 0 Å². The molecule has 0 fully saturated rings. The molecule has 1 atom stereocenters. The zero-order valence-corrected chi connectivity index (χ0v) is 8.12. The van der Waals surface area contributed by atoms with Crippen LogP contribution in [0.25, 0.3) is 0 Å². The Kier molecular flexibility index (Phi) is 5.96. The Morgan fingerprint density at radius 3 is 2.69 bits per heavy atom. The summed E-state index contributed by atoms with van der Waals surface area (Å²) in [4.78, 5) is 25.0. The summed E-state index contributed by atoms with van der Waals surface area (Å²) in [7, 11) is 1.54. The lowest BCUT2D eigenvalue weighted by Crippen LogP contribution is -2.42. The van der Waals surface area contributed by atoms with Crippen molar-refractivity contribution in [3.05, 3.63) is 0 Å². The van der Waals surface area contributed by atoms with Crippen molar-refractivity contribution in [1.29, 1.82) is 0 Å². The normalized spacial score (nSPS) is 12.8. The van der Waals surface area contributed by atoms with Crippen molar-refractivity contribution in [2.45, 2.75) is 12.5 Å². The molecule has 0 aliphatic rings. The predicted octanol–water partition coefficient (Wildman–Crippen LogP) is -0.424. The van der Waals surface area contributed by atoms with Gasteiger partial charge in [0.2, 0.25) is 5.91 Å². The summed E-state index contributed by atoms with van der Waals surface area (Å²) < 4.78 is 0. The maximum absolute atomic E-state index is 11.0. The highest BCUT2D eigenvalue weighted by atomic mass is 32.1. The van der Waals surface area contributed by atoms with E-state index in [0.717, 1.165) is 0 Å². The molecule has 0 heterocycles. The molecule has 0 aromatic rings. The molecular weight excluding hydrogens is 192 g/mol. The molecule has 0 rings (SSSR count). The van der Waals surface area contributed by atoms with Crippen molar-refractivity contribution >= 4 is 30.7 Å². The van der Waals surface area contributed by atoms with E-state index >= 15 is 0 Å². The minimum absolute atomic E-state index is 0.0738. The van der Waals surface area contributed by atoms with E-state index in [0.29, 0.717) is 0 Å². The van der Waals surface area contributed by atoms with Gasteiger partial charge in [0.1, 0.15) is 6.04 Å². The van der Waals surface area contributed by atoms with Crippen LogP contribution in [-0.4, -0.2) is 42.0 Å². The number of hydrogen-bond acceptors (Lipinski definition) is 4. The van der Waals surface area contributed by atoms with Gasteiger partial charge in [0.05, 0.1) is 6.42 Å². The Bertz CT molecular complexity index is 218. The highest BCUT2D eigenvalue weighted by molar-refractivity contribution is 7.80. The standard InChI is InChI=1S/C7H12N2O3S/c1-8-3-2-6(10)9-5(4-13)7(11)12/h3,5,13H,2,4H2,1H3,(H,9,10)(H,11,12). The van der Waals surface area contributed by atoms with Gasteiger partial charge in [0, 0.05) is 19.0 Å². The van der Waals surface area contributed by atoms with Gasteiger partial charge in [-0.2, -0.15) is 12.6 Å². The van der Waals surface area contributed by atoms with Gasteiger partial charge in [0.15, 0.2) is 0 Å². The first-order valence-corrected chi connectivity index (χ1v) is 4.28. The molecule has 5 nitrogen and oxygen atoms in total. The molecule has 2 N–H and O–H groups in total. The Balaban J connectivity index is 3.94. The van der Waals surface area contributed by atoms with Gasteiger partial charge >= 0.3 is 5.97 Å². The topological polar surface area (TPSA) is 78.8 Å². The van der Waals surface area contributed by atoms with E-state index in [1.165, 1.54) is 6.21 Å². The third kappa shape index (κ3) is 5.24. The van der Waals surface area contributed by atoms with E-state index < -0.39 is 12.0 Å². The number of hydrogen-bond donors (Lipinski definition) is 3. The first kappa shape index (κ1) is 12.0. The van der Waals surface area contributed by atoms with Gasteiger partial charge in [-0.25, -0.2) is 4.79 Å². The fourth-order valence-electron chi connectivity index (χ4n) is 0.613. The number of aliphatic imine (C=N–C) groups is 1. The molecule has 0 bridgehead atoms. The van der Waals surface area contributed by atoms with Gasteiger partial charge in [0.25, 0.3) is 0 Å². The van der Waals surface area contributed by atoms with E-state index in [4.69, 9.17) is 5.11 Å². The van der Waals surface area contributed by atoms with Gasteiger partial charge < -0.3 is 15.4 Å². The molecule has 0 radical (unpaired) electrons. The fraction of sp³-hybridized carbons (Fsp3) is 0.571. The van der Waals surface area contributed by atoms with Crippen LogP contribution in [0.3, 0.4) is 0 Å². The van der Waals surface area contributed by atoms with Crippen LogP contribution in [0.2, 0.25) is 0 Å². The number of nitrogens with zero attached hydrogens (tertiary/aromatic N) is 1. The number of carbonyl (C=O) groups excluding carboxylic acids is 1. The number of carboxylic acid groups (broad SMARTS) is 1. The second-order valence-electron chi connectivity index (χ2n) is 2.29. The molecule has 0 aliphatic carbocycles. The second kappa shape index (κ2) is 6.47. The molecule has 13 heavy (non-hydrogen) atoms. The van der Waals surface area contributed by atoms with Crippen LogP contribution in [-0.2, 0) is 9.59 Å². The predicted molar refractivity (Wildman–Crippen MR) is 52.5 cm³/mol. The largest absolute Gasteiger partial charge is 0.480 e. The van der Waals surface area contributed by atoms with E-state index in [1.807, 2.05) is 0 Å². The zero-order chi connectivity index (χ0) is 10.3. The van der Waals surface area contributed by atoms with Crippen molar-refractivity contribution in [3.63, 3.8) is 0 Å². The maximum Gasteiger partial charge on any atom is 0.327 e. The summed E-state index contributed by atoms with van der Waals surface area (Å²) in [5, 5.41) is 10.8. The molecule has 0 spiro atoms. The lowest BCUT2D eigenvalue weighted by Gasteiger charge is -2.10. The summed E-state index contributed by atoms with van der Waals surface area (Å²) in [6, 6.07) is -0.930. The Morgan fingerprint density at radius 1 is 1.69 bits per heavy atom. The third-order valence-electron chi connectivity index (χ3n) is 1.28. The Labute approximate surface area is 81.6 Å². The minimum atomic E-state index is -1.09. The number of aliphatic carboxylic acids is 1. The molecule has 1 unspecified atom stereocenters. The van der Waals surface area contributed by atoms with Crippen molar-refractivity contribution in [1.82, 2.24) is 5.32 Å². The van der Waals surface area contributed by atoms with Crippen LogP contribution in [0.1, 0.15) is 6.42 Å². The van der Waals surface area contributed by atoms with Crippen LogP contribution in [0.15, 0.2) is 4.99 Å². The summed E-state index contributed by atoms with van der Waals surface area (Å²) >= 11 is 3.79. The quantitative estimate of drug-likeness (QED) is 0.420. The van der Waals surface area contributed by atoms with Crippen LogP contribution in [0.5, 0.6) is 0 Å². The molecule has 6 heteroatoms. The SMILES string of the molecule is CN=CCC(=O)NC(CS)C(=O)O. The van der Waals surface area contributed by atoms with Crippen molar-refractivity contribution in [2.75, 3.05) is 12.8 Å². The first-order valence-electron chi connectivity index (χ1n) is 3.65. The molecular formula is C7H12N2O3S. The smallest absolute Gasteiger partial charge is 0.327 e. The Hall–Kier alpha value is -1.04. The maximum atomic E-state index is 11.0. The third-order valence-corrected chi connectivity index (χ3v) is 1.64. The average Bonchev–Trinajstić information content (AvgIpc) is 2.10. The highest BCUT2D eigenvalue weighted by Gasteiger charge is 2.16. The number of rotatable bonds is 5. The molecule has 0 saturated carbocycles. The molecule has 74 valence electrons. The van der Waals surface area contributed by atoms with E-state index in [2.05, 4.69) is 22.9 Å². The lowest BCUT2D eigenvalue weighted by atomic mass is 10.3. The van der Waals surface area contributed by atoms with E-state index in [9.17, 15) is 9.59 Å². The summed E-state index contributed by atoms with van der Waals surface area (Å²) in [5.74, 6) is -1.38. The molecule has 1 amide bonds. The monoisotopic (exact) mass is 204 g/mol. The lowest BCUT2D eigenvalue weighted by molar-refractivity contribution is -0.140. The first-order chi connectivity index (χ1) is 6.11. The van der Waals surface area contributed by atoms with Crippen LogP contribution in [0.4, 0.5) is 0 Å².